The number of rotatable bonds is 5. The monoisotopic (exact) mass is 406 g/mol. The first-order chi connectivity index (χ1) is 14.2. The van der Waals surface area contributed by atoms with Crippen molar-refractivity contribution in [3.8, 4) is 0 Å². The summed E-state index contributed by atoms with van der Waals surface area (Å²) in [5.41, 5.74) is 3.01. The number of nitrogens with one attached hydrogen (secondary N) is 2. The summed E-state index contributed by atoms with van der Waals surface area (Å²) in [6, 6.07) is 16.0. The fourth-order valence-corrected chi connectivity index (χ4v) is 4.57. The van der Waals surface area contributed by atoms with E-state index in [1.165, 1.54) is 11.3 Å². The Morgan fingerprint density at radius 1 is 0.966 bits per heavy atom. The van der Waals surface area contributed by atoms with Crippen molar-refractivity contribution in [2.24, 2.45) is 0 Å². The lowest BCUT2D eigenvalue weighted by Gasteiger charge is -2.33. The van der Waals surface area contributed by atoms with Crippen LogP contribution in [-0.2, 0) is 11.3 Å². The van der Waals surface area contributed by atoms with Crippen LogP contribution in [0.4, 0.5) is 5.13 Å². The van der Waals surface area contributed by atoms with Crippen LogP contribution in [0.25, 0.3) is 21.3 Å². The predicted molar refractivity (Wildman–Crippen MR) is 116 cm³/mol. The lowest BCUT2D eigenvalue weighted by Crippen LogP contribution is -2.48. The van der Waals surface area contributed by atoms with Gasteiger partial charge >= 0.3 is 0 Å². The molecule has 1 fully saturated rings. The second kappa shape index (κ2) is 7.90. The van der Waals surface area contributed by atoms with Crippen molar-refractivity contribution in [2.45, 2.75) is 6.54 Å². The van der Waals surface area contributed by atoms with Crippen LogP contribution < -0.4 is 5.32 Å². The average molecular weight is 407 g/mol. The Labute approximate surface area is 172 Å². The first kappa shape index (κ1) is 18.2. The molecule has 2 aromatic carbocycles. The molecule has 4 aromatic rings. The Morgan fingerprint density at radius 3 is 2.48 bits per heavy atom. The fraction of sp³-hybridized carbons (Fsp3) is 0.286. The van der Waals surface area contributed by atoms with E-state index in [0.717, 1.165) is 59.8 Å². The third kappa shape index (κ3) is 4.14. The molecule has 1 aliphatic heterocycles. The Hall–Kier alpha value is -2.81. The Kier molecular flexibility index (Phi) is 4.97. The zero-order chi connectivity index (χ0) is 19.6. The van der Waals surface area contributed by atoms with Gasteiger partial charge in [-0.05, 0) is 24.3 Å². The van der Waals surface area contributed by atoms with Crippen molar-refractivity contribution in [1.29, 1.82) is 0 Å². The van der Waals surface area contributed by atoms with Gasteiger partial charge < -0.3 is 10.3 Å². The number of nitrogens with zero attached hydrogens (tertiary/aromatic N) is 4. The quantitative estimate of drug-likeness (QED) is 0.533. The highest BCUT2D eigenvalue weighted by Gasteiger charge is 2.20. The number of carbonyl (C=O) groups excluding carboxylic acids is 1. The van der Waals surface area contributed by atoms with Gasteiger partial charge in [-0.25, -0.2) is 9.97 Å². The highest BCUT2D eigenvalue weighted by atomic mass is 32.1. The first-order valence-electron chi connectivity index (χ1n) is 9.77. The number of aromatic amines is 1. The standard InChI is InChI=1S/C21H22N6OS/c28-20(25-21-24-17-7-3-4-8-18(17)29-21)14-27-11-9-26(10-12-27)13-19-22-15-5-1-2-6-16(15)23-19/h1-8H,9-14H2,(H,22,23)(H,24,25,28). The SMILES string of the molecule is O=C(CN1CCN(Cc2nc3ccccc3[nH]2)CC1)Nc1nc2ccccc2s1. The number of aromatic nitrogens is 3. The minimum atomic E-state index is -0.00482. The number of fused-ring (bicyclic) bond motifs is 2. The van der Waals surface area contributed by atoms with Crippen LogP contribution in [0.2, 0.25) is 0 Å². The van der Waals surface area contributed by atoms with Gasteiger partial charge in [0.2, 0.25) is 5.91 Å². The predicted octanol–water partition coefficient (Wildman–Crippen LogP) is 2.93. The number of hydrogen-bond donors (Lipinski definition) is 2. The zero-order valence-electron chi connectivity index (χ0n) is 16.0. The summed E-state index contributed by atoms with van der Waals surface area (Å²) in [6.07, 6.45) is 0. The first-order valence-corrected chi connectivity index (χ1v) is 10.6. The molecule has 7 nitrogen and oxygen atoms in total. The topological polar surface area (TPSA) is 77.2 Å². The molecule has 0 spiro atoms. The van der Waals surface area contributed by atoms with Gasteiger partial charge in [0.25, 0.3) is 0 Å². The lowest BCUT2D eigenvalue weighted by molar-refractivity contribution is -0.117. The van der Waals surface area contributed by atoms with E-state index in [-0.39, 0.29) is 5.91 Å². The van der Waals surface area contributed by atoms with Gasteiger partial charge in [0.1, 0.15) is 5.82 Å². The average Bonchev–Trinajstić information content (AvgIpc) is 3.31. The van der Waals surface area contributed by atoms with E-state index in [1.807, 2.05) is 48.5 Å². The van der Waals surface area contributed by atoms with Crippen LogP contribution in [0, 0.1) is 0 Å². The number of carbonyl (C=O) groups is 1. The maximum atomic E-state index is 12.4. The number of imidazole rings is 1. The molecule has 1 saturated heterocycles. The normalized spacial score (nSPS) is 15.9. The second-order valence-electron chi connectivity index (χ2n) is 7.29. The van der Waals surface area contributed by atoms with Gasteiger partial charge in [-0.2, -0.15) is 0 Å². The molecule has 0 atom stereocenters. The molecule has 0 unspecified atom stereocenters. The number of piperazine rings is 1. The number of anilines is 1. The van der Waals surface area contributed by atoms with Crippen LogP contribution in [-0.4, -0.2) is 63.4 Å². The molecule has 3 heterocycles. The molecule has 1 amide bonds. The third-order valence-corrected chi connectivity index (χ3v) is 6.14. The third-order valence-electron chi connectivity index (χ3n) is 5.18. The summed E-state index contributed by atoms with van der Waals surface area (Å²) >= 11 is 1.51. The van der Waals surface area contributed by atoms with Crippen molar-refractivity contribution in [2.75, 3.05) is 38.0 Å². The van der Waals surface area contributed by atoms with Crippen molar-refractivity contribution >= 4 is 43.6 Å². The van der Waals surface area contributed by atoms with E-state index >= 15 is 0 Å². The number of thiazole rings is 1. The molecule has 2 aromatic heterocycles. The molecule has 0 aliphatic carbocycles. The molecule has 8 heteroatoms. The molecule has 5 rings (SSSR count). The van der Waals surface area contributed by atoms with Crippen molar-refractivity contribution in [3.05, 3.63) is 54.4 Å². The summed E-state index contributed by atoms with van der Waals surface area (Å²) in [5.74, 6) is 0.989. The number of para-hydroxylation sites is 3. The number of H-pyrrole nitrogens is 1. The van der Waals surface area contributed by atoms with Crippen molar-refractivity contribution < 1.29 is 4.79 Å². The molecule has 1 aliphatic rings. The molecule has 0 radical (unpaired) electrons. The summed E-state index contributed by atoms with van der Waals surface area (Å²) in [4.78, 5) is 29.5. The van der Waals surface area contributed by atoms with E-state index in [4.69, 9.17) is 0 Å². The van der Waals surface area contributed by atoms with Gasteiger partial charge in [-0.15, -0.1) is 0 Å². The van der Waals surface area contributed by atoms with Gasteiger partial charge in [0.05, 0.1) is 34.3 Å². The summed E-state index contributed by atoms with van der Waals surface area (Å²) in [7, 11) is 0. The van der Waals surface area contributed by atoms with Crippen LogP contribution in [0.3, 0.4) is 0 Å². The Morgan fingerprint density at radius 2 is 1.69 bits per heavy atom. The molecular formula is C21H22N6OS. The Bertz CT molecular complexity index is 1080. The van der Waals surface area contributed by atoms with Gasteiger partial charge in [-0.3, -0.25) is 14.6 Å². The van der Waals surface area contributed by atoms with E-state index in [1.54, 1.807) is 0 Å². The maximum Gasteiger partial charge on any atom is 0.240 e. The van der Waals surface area contributed by atoms with Crippen LogP contribution in [0.5, 0.6) is 0 Å². The van der Waals surface area contributed by atoms with Crippen molar-refractivity contribution in [3.63, 3.8) is 0 Å². The molecule has 148 valence electrons. The minimum Gasteiger partial charge on any atom is -0.341 e. The molecule has 0 bridgehead atoms. The number of hydrogen-bond acceptors (Lipinski definition) is 6. The van der Waals surface area contributed by atoms with Crippen LogP contribution in [0.1, 0.15) is 5.82 Å². The van der Waals surface area contributed by atoms with E-state index in [2.05, 4.69) is 30.1 Å². The number of amides is 1. The van der Waals surface area contributed by atoms with E-state index < -0.39 is 0 Å². The van der Waals surface area contributed by atoms with Gasteiger partial charge in [0, 0.05) is 26.2 Å². The summed E-state index contributed by atoms with van der Waals surface area (Å²) < 4.78 is 1.09. The zero-order valence-corrected chi connectivity index (χ0v) is 16.8. The second-order valence-corrected chi connectivity index (χ2v) is 8.32. The molecule has 0 saturated carbocycles. The summed E-state index contributed by atoms with van der Waals surface area (Å²) in [6.45, 7) is 4.78. The smallest absolute Gasteiger partial charge is 0.240 e. The molecule has 2 N–H and O–H groups in total. The lowest BCUT2D eigenvalue weighted by atomic mass is 10.3. The Balaban J connectivity index is 1.12. The highest BCUT2D eigenvalue weighted by Crippen LogP contribution is 2.25. The number of benzene rings is 2. The van der Waals surface area contributed by atoms with Crippen LogP contribution in [0.15, 0.2) is 48.5 Å². The molecular weight excluding hydrogens is 384 g/mol. The minimum absolute atomic E-state index is 0.00482. The maximum absolute atomic E-state index is 12.4. The summed E-state index contributed by atoms with van der Waals surface area (Å²) in [5, 5.41) is 3.61. The van der Waals surface area contributed by atoms with E-state index in [0.29, 0.717) is 11.7 Å². The fourth-order valence-electron chi connectivity index (χ4n) is 3.69. The van der Waals surface area contributed by atoms with Crippen molar-refractivity contribution in [1.82, 2.24) is 24.8 Å². The highest BCUT2D eigenvalue weighted by molar-refractivity contribution is 7.22. The van der Waals surface area contributed by atoms with Crippen LogP contribution >= 0.6 is 11.3 Å². The largest absolute Gasteiger partial charge is 0.341 e. The molecule has 29 heavy (non-hydrogen) atoms. The van der Waals surface area contributed by atoms with Gasteiger partial charge in [0.15, 0.2) is 5.13 Å². The van der Waals surface area contributed by atoms with E-state index in [9.17, 15) is 4.79 Å². The van der Waals surface area contributed by atoms with Gasteiger partial charge in [-0.1, -0.05) is 35.6 Å².